The number of ether oxygens (including phenoxy) is 2. The van der Waals surface area contributed by atoms with Gasteiger partial charge in [0, 0.05) is 0 Å². The molecule has 1 aromatic carbocycles. The molecular weight excluding hydrogens is 320 g/mol. The van der Waals surface area contributed by atoms with Crippen LogP contribution >= 0.6 is 15.9 Å². The van der Waals surface area contributed by atoms with E-state index < -0.39 is 0 Å². The van der Waals surface area contributed by atoms with Gasteiger partial charge in [-0.15, -0.1) is 0 Å². The average Bonchev–Trinajstić information content (AvgIpc) is 2.48. The van der Waals surface area contributed by atoms with Crippen LogP contribution in [0.2, 0.25) is 0 Å². The number of rotatable bonds is 4. The second kappa shape index (κ2) is 6.13. The summed E-state index contributed by atoms with van der Waals surface area (Å²) in [7, 11) is 1.62. The zero-order valence-corrected chi connectivity index (χ0v) is 13.3. The Balaban J connectivity index is 2.37. The van der Waals surface area contributed by atoms with Crippen LogP contribution in [-0.2, 0) is 6.42 Å². The van der Waals surface area contributed by atoms with E-state index >= 15 is 0 Å². The van der Waals surface area contributed by atoms with Crippen molar-refractivity contribution in [1.29, 1.82) is 0 Å². The van der Waals surface area contributed by atoms with E-state index in [1.807, 2.05) is 25.1 Å². The van der Waals surface area contributed by atoms with Crippen LogP contribution in [0.5, 0.6) is 17.4 Å². The van der Waals surface area contributed by atoms with Gasteiger partial charge in [-0.25, -0.2) is 4.98 Å². The molecule has 0 saturated carbocycles. The molecule has 0 saturated heterocycles. The predicted octanol–water partition coefficient (Wildman–Crippen LogP) is 4.10. The maximum atomic E-state index is 5.83. The minimum absolute atomic E-state index is 0.472. The molecule has 20 heavy (non-hydrogen) atoms. The standard InChI is InChI=1S/C15H17BrN2O2/c1-4-10-5-6-12(13(7-10)19-3)20-15-14(16)9(2)11(17)8-18-15/h5-8H,4,17H2,1-3H3. The van der Waals surface area contributed by atoms with Crippen LogP contribution in [0.4, 0.5) is 5.69 Å². The van der Waals surface area contributed by atoms with Gasteiger partial charge in [0.05, 0.1) is 23.5 Å². The maximum absolute atomic E-state index is 5.83. The van der Waals surface area contributed by atoms with Gasteiger partial charge in [0.15, 0.2) is 11.5 Å². The normalized spacial score (nSPS) is 10.4. The summed E-state index contributed by atoms with van der Waals surface area (Å²) in [5, 5.41) is 0. The summed E-state index contributed by atoms with van der Waals surface area (Å²) in [5.74, 6) is 1.79. The molecule has 0 amide bonds. The first-order chi connectivity index (χ1) is 9.56. The summed E-state index contributed by atoms with van der Waals surface area (Å²) in [5.41, 5.74) is 8.52. The van der Waals surface area contributed by atoms with E-state index in [0.29, 0.717) is 23.1 Å². The molecule has 4 nitrogen and oxygen atoms in total. The Labute approximate surface area is 127 Å². The lowest BCUT2D eigenvalue weighted by Gasteiger charge is -2.13. The molecule has 0 spiro atoms. The van der Waals surface area contributed by atoms with Gasteiger partial charge >= 0.3 is 0 Å². The van der Waals surface area contributed by atoms with E-state index in [2.05, 4.69) is 27.8 Å². The van der Waals surface area contributed by atoms with E-state index in [9.17, 15) is 0 Å². The predicted molar refractivity (Wildman–Crippen MR) is 83.5 cm³/mol. The highest BCUT2D eigenvalue weighted by atomic mass is 79.9. The van der Waals surface area contributed by atoms with Crippen molar-refractivity contribution in [3.63, 3.8) is 0 Å². The minimum Gasteiger partial charge on any atom is -0.493 e. The third-order valence-electron chi connectivity index (χ3n) is 3.11. The molecule has 106 valence electrons. The lowest BCUT2D eigenvalue weighted by molar-refractivity contribution is 0.372. The molecule has 0 atom stereocenters. The molecule has 0 fully saturated rings. The Hall–Kier alpha value is -1.75. The molecule has 0 aliphatic heterocycles. The molecule has 2 aromatic rings. The monoisotopic (exact) mass is 336 g/mol. The van der Waals surface area contributed by atoms with Crippen LogP contribution in [0.1, 0.15) is 18.1 Å². The topological polar surface area (TPSA) is 57.4 Å². The van der Waals surface area contributed by atoms with Gasteiger partial charge in [-0.2, -0.15) is 0 Å². The first-order valence-corrected chi connectivity index (χ1v) is 7.11. The van der Waals surface area contributed by atoms with E-state index in [0.717, 1.165) is 16.5 Å². The van der Waals surface area contributed by atoms with E-state index in [-0.39, 0.29) is 0 Å². The number of benzene rings is 1. The van der Waals surface area contributed by atoms with Crippen LogP contribution in [0.25, 0.3) is 0 Å². The highest BCUT2D eigenvalue weighted by molar-refractivity contribution is 9.10. The zero-order valence-electron chi connectivity index (χ0n) is 11.7. The number of pyridine rings is 1. The largest absolute Gasteiger partial charge is 0.493 e. The fraction of sp³-hybridized carbons (Fsp3) is 0.267. The number of hydrogen-bond donors (Lipinski definition) is 1. The second-order valence-electron chi connectivity index (χ2n) is 4.40. The number of anilines is 1. The number of hydrogen-bond acceptors (Lipinski definition) is 4. The number of halogens is 1. The van der Waals surface area contributed by atoms with Gasteiger partial charge in [-0.3, -0.25) is 0 Å². The maximum Gasteiger partial charge on any atom is 0.234 e. The highest BCUT2D eigenvalue weighted by Gasteiger charge is 2.12. The highest BCUT2D eigenvalue weighted by Crippen LogP contribution is 2.36. The van der Waals surface area contributed by atoms with Gasteiger partial charge in [0.2, 0.25) is 5.88 Å². The van der Waals surface area contributed by atoms with Crippen molar-refractivity contribution < 1.29 is 9.47 Å². The number of aromatic nitrogens is 1. The van der Waals surface area contributed by atoms with E-state index in [4.69, 9.17) is 15.2 Å². The van der Waals surface area contributed by atoms with Gasteiger partial charge in [0.1, 0.15) is 0 Å². The third kappa shape index (κ3) is 2.88. The van der Waals surface area contributed by atoms with Crippen LogP contribution in [-0.4, -0.2) is 12.1 Å². The summed E-state index contributed by atoms with van der Waals surface area (Å²) in [6.07, 6.45) is 2.53. The molecule has 0 aliphatic rings. The number of aryl methyl sites for hydroxylation is 1. The number of nitrogens with two attached hydrogens (primary N) is 1. The number of methoxy groups -OCH3 is 1. The van der Waals surface area contributed by atoms with Gasteiger partial charge in [-0.1, -0.05) is 13.0 Å². The van der Waals surface area contributed by atoms with Crippen molar-refractivity contribution in [3.05, 3.63) is 40.0 Å². The molecule has 5 heteroatoms. The average molecular weight is 337 g/mol. The van der Waals surface area contributed by atoms with Crippen molar-refractivity contribution >= 4 is 21.6 Å². The summed E-state index contributed by atoms with van der Waals surface area (Å²) >= 11 is 3.45. The summed E-state index contributed by atoms with van der Waals surface area (Å²) in [6, 6.07) is 5.86. The van der Waals surface area contributed by atoms with E-state index in [1.54, 1.807) is 13.3 Å². The lowest BCUT2D eigenvalue weighted by atomic mass is 10.1. The fourth-order valence-electron chi connectivity index (χ4n) is 1.76. The van der Waals surface area contributed by atoms with Crippen LogP contribution in [0.3, 0.4) is 0 Å². The Morgan fingerprint density at radius 1 is 1.30 bits per heavy atom. The number of nitrogen functional groups attached to an aromatic ring is 1. The molecule has 1 heterocycles. The first-order valence-electron chi connectivity index (χ1n) is 6.32. The summed E-state index contributed by atoms with van der Waals surface area (Å²) < 4.78 is 11.9. The number of nitrogens with zero attached hydrogens (tertiary/aromatic N) is 1. The van der Waals surface area contributed by atoms with Gasteiger partial charge < -0.3 is 15.2 Å². The fourth-order valence-corrected chi connectivity index (χ4v) is 2.17. The molecule has 2 rings (SSSR count). The lowest BCUT2D eigenvalue weighted by Crippen LogP contribution is -1.98. The van der Waals surface area contributed by atoms with Crippen molar-refractivity contribution in [1.82, 2.24) is 4.98 Å². The first kappa shape index (κ1) is 14.7. The van der Waals surface area contributed by atoms with Crippen LogP contribution < -0.4 is 15.2 Å². The second-order valence-corrected chi connectivity index (χ2v) is 5.19. The summed E-state index contributed by atoms with van der Waals surface area (Å²) in [4.78, 5) is 4.20. The molecule has 0 bridgehead atoms. The van der Waals surface area contributed by atoms with Crippen LogP contribution in [0.15, 0.2) is 28.9 Å². The molecule has 2 N–H and O–H groups in total. The SMILES string of the molecule is CCc1ccc(Oc2ncc(N)c(C)c2Br)c(OC)c1. The Morgan fingerprint density at radius 2 is 2.05 bits per heavy atom. The summed E-state index contributed by atoms with van der Waals surface area (Å²) in [6.45, 7) is 4.00. The van der Waals surface area contributed by atoms with Crippen molar-refractivity contribution in [3.8, 4) is 17.4 Å². The zero-order chi connectivity index (χ0) is 14.7. The van der Waals surface area contributed by atoms with Crippen molar-refractivity contribution in [2.45, 2.75) is 20.3 Å². The smallest absolute Gasteiger partial charge is 0.234 e. The molecule has 0 aliphatic carbocycles. The Morgan fingerprint density at radius 3 is 2.70 bits per heavy atom. The van der Waals surface area contributed by atoms with E-state index in [1.165, 1.54) is 5.56 Å². The molecule has 1 aromatic heterocycles. The van der Waals surface area contributed by atoms with Gasteiger partial charge in [0.25, 0.3) is 0 Å². The van der Waals surface area contributed by atoms with Crippen molar-refractivity contribution in [2.24, 2.45) is 0 Å². The quantitative estimate of drug-likeness (QED) is 0.913. The Kier molecular flexibility index (Phi) is 4.49. The minimum atomic E-state index is 0.472. The molecular formula is C15H17BrN2O2. The molecule has 0 radical (unpaired) electrons. The third-order valence-corrected chi connectivity index (χ3v) is 4.05. The van der Waals surface area contributed by atoms with Crippen molar-refractivity contribution in [2.75, 3.05) is 12.8 Å². The molecule has 0 unspecified atom stereocenters. The van der Waals surface area contributed by atoms with Crippen LogP contribution in [0, 0.1) is 6.92 Å². The Bertz CT molecular complexity index is 630. The van der Waals surface area contributed by atoms with Gasteiger partial charge in [-0.05, 0) is 52.5 Å².